The maximum Gasteiger partial charge on any atom is 0.143 e. The zero-order valence-electron chi connectivity index (χ0n) is 29.1. The molecule has 0 saturated heterocycles. The summed E-state index contributed by atoms with van der Waals surface area (Å²) in [6, 6.07) is 62.3. The lowest BCUT2D eigenvalue weighted by Gasteiger charge is -2.24. The highest BCUT2D eigenvalue weighted by molar-refractivity contribution is 6.22. The van der Waals surface area contributed by atoms with E-state index in [-0.39, 0.29) is 5.41 Å². The maximum absolute atomic E-state index is 6.62. The Labute approximate surface area is 302 Å². The summed E-state index contributed by atoms with van der Waals surface area (Å²) in [5, 5.41) is 9.88. The van der Waals surface area contributed by atoms with Crippen LogP contribution in [-0.4, -0.2) is 0 Å². The summed E-state index contributed by atoms with van der Waals surface area (Å²) in [6.07, 6.45) is 0. The van der Waals surface area contributed by atoms with Crippen LogP contribution in [0.3, 0.4) is 0 Å². The molecule has 0 unspecified atom stereocenters. The summed E-state index contributed by atoms with van der Waals surface area (Å²) in [4.78, 5) is 0. The van der Waals surface area contributed by atoms with E-state index in [0.29, 0.717) is 0 Å². The summed E-state index contributed by atoms with van der Waals surface area (Å²) in [6.45, 7) is 4.76. The molecule has 1 aliphatic rings. The van der Waals surface area contributed by atoms with Crippen LogP contribution in [-0.2, 0) is 5.41 Å². The Balaban J connectivity index is 1.09. The third-order valence-electron chi connectivity index (χ3n) is 11.6. The minimum absolute atomic E-state index is 0.218. The fraction of sp³-hybridized carbons (Fsp3) is 0.0588. The average molecular weight is 663 g/mol. The van der Waals surface area contributed by atoms with Crippen LogP contribution in [0.25, 0.3) is 98.8 Å². The van der Waals surface area contributed by atoms with E-state index >= 15 is 0 Å². The van der Waals surface area contributed by atoms with Gasteiger partial charge in [0.1, 0.15) is 11.2 Å². The molecule has 1 aromatic heterocycles. The molecule has 0 atom stereocenters. The van der Waals surface area contributed by atoms with Crippen LogP contribution in [0.5, 0.6) is 0 Å². The van der Waals surface area contributed by atoms with Crippen LogP contribution in [0.1, 0.15) is 25.0 Å². The van der Waals surface area contributed by atoms with Crippen LogP contribution in [0.2, 0.25) is 0 Å². The van der Waals surface area contributed by atoms with Crippen molar-refractivity contribution in [3.63, 3.8) is 0 Å². The monoisotopic (exact) mass is 662 g/mol. The first kappa shape index (κ1) is 29.3. The molecule has 0 radical (unpaired) electrons. The summed E-state index contributed by atoms with van der Waals surface area (Å²) >= 11 is 0. The lowest BCUT2D eigenvalue weighted by atomic mass is 9.79. The van der Waals surface area contributed by atoms with Crippen molar-refractivity contribution in [2.75, 3.05) is 0 Å². The molecule has 9 aromatic carbocycles. The normalized spacial score (nSPS) is 13.3. The third-order valence-corrected chi connectivity index (χ3v) is 11.6. The zero-order chi connectivity index (χ0) is 34.6. The van der Waals surface area contributed by atoms with Gasteiger partial charge in [0.05, 0.1) is 0 Å². The Bertz CT molecular complexity index is 3030. The quantitative estimate of drug-likeness (QED) is 0.172. The van der Waals surface area contributed by atoms with Gasteiger partial charge >= 0.3 is 0 Å². The molecule has 244 valence electrons. The van der Waals surface area contributed by atoms with E-state index < -0.39 is 0 Å². The van der Waals surface area contributed by atoms with Crippen molar-refractivity contribution in [2.45, 2.75) is 19.3 Å². The average Bonchev–Trinajstić information content (AvgIpc) is 3.69. The van der Waals surface area contributed by atoms with Gasteiger partial charge in [0.15, 0.2) is 0 Å². The van der Waals surface area contributed by atoms with Crippen LogP contribution in [0.15, 0.2) is 174 Å². The van der Waals surface area contributed by atoms with Crippen LogP contribution >= 0.6 is 0 Å². The molecule has 1 heterocycles. The Hall–Kier alpha value is -6.44. The first-order valence-corrected chi connectivity index (χ1v) is 18.2. The fourth-order valence-corrected chi connectivity index (χ4v) is 9.29. The molecular weight excluding hydrogens is 629 g/mol. The maximum atomic E-state index is 6.62. The van der Waals surface area contributed by atoms with Crippen LogP contribution < -0.4 is 0 Å². The predicted octanol–water partition coefficient (Wildman–Crippen LogP) is 14.4. The van der Waals surface area contributed by atoms with E-state index in [0.717, 1.165) is 11.2 Å². The zero-order valence-corrected chi connectivity index (χ0v) is 29.1. The molecule has 0 bridgehead atoms. The highest BCUT2D eigenvalue weighted by Gasteiger charge is 2.38. The van der Waals surface area contributed by atoms with E-state index in [1.165, 1.54) is 98.7 Å². The second-order valence-electron chi connectivity index (χ2n) is 14.8. The SMILES string of the molecule is CC1(C)c2cc(-c3cccc(-c4c5ccccc5c(-c5ccccc5)c5ccccc45)c3)ccc2-c2ccc3ccc4c5ccccc5oc4c3c21. The molecule has 1 nitrogen and oxygen atoms in total. The first-order valence-electron chi connectivity index (χ1n) is 18.2. The van der Waals surface area contributed by atoms with Gasteiger partial charge in [-0.2, -0.15) is 0 Å². The number of furan rings is 1. The topological polar surface area (TPSA) is 13.1 Å². The fourth-order valence-electron chi connectivity index (χ4n) is 9.29. The van der Waals surface area contributed by atoms with E-state index in [1.54, 1.807) is 0 Å². The lowest BCUT2D eigenvalue weighted by Crippen LogP contribution is -2.15. The summed E-state index contributed by atoms with van der Waals surface area (Å²) in [5.41, 5.74) is 14.5. The van der Waals surface area contributed by atoms with Gasteiger partial charge in [-0.25, -0.2) is 0 Å². The van der Waals surface area contributed by atoms with E-state index in [9.17, 15) is 0 Å². The molecule has 0 aliphatic heterocycles. The molecule has 0 saturated carbocycles. The molecule has 1 heteroatoms. The molecule has 0 amide bonds. The number of hydrogen-bond donors (Lipinski definition) is 0. The van der Waals surface area contributed by atoms with Crippen molar-refractivity contribution in [3.05, 3.63) is 181 Å². The van der Waals surface area contributed by atoms with Gasteiger partial charge in [-0.1, -0.05) is 159 Å². The largest absolute Gasteiger partial charge is 0.455 e. The van der Waals surface area contributed by atoms with Gasteiger partial charge in [-0.05, 0) is 107 Å². The van der Waals surface area contributed by atoms with Crippen molar-refractivity contribution < 1.29 is 4.42 Å². The second kappa shape index (κ2) is 10.8. The van der Waals surface area contributed by atoms with Gasteiger partial charge < -0.3 is 4.42 Å². The molecule has 52 heavy (non-hydrogen) atoms. The number of rotatable bonds is 3. The number of hydrogen-bond acceptors (Lipinski definition) is 1. The van der Waals surface area contributed by atoms with E-state index in [4.69, 9.17) is 4.42 Å². The van der Waals surface area contributed by atoms with Crippen LogP contribution in [0, 0.1) is 0 Å². The van der Waals surface area contributed by atoms with Crippen LogP contribution in [0.4, 0.5) is 0 Å². The van der Waals surface area contributed by atoms with Gasteiger partial charge in [0, 0.05) is 21.6 Å². The third kappa shape index (κ3) is 4.05. The van der Waals surface area contributed by atoms with E-state index in [1.807, 2.05) is 0 Å². The highest BCUT2D eigenvalue weighted by Crippen LogP contribution is 2.54. The number of fused-ring (bicyclic) bond motifs is 11. The Kier molecular flexibility index (Phi) is 6.08. The highest BCUT2D eigenvalue weighted by atomic mass is 16.3. The van der Waals surface area contributed by atoms with Crippen molar-refractivity contribution >= 4 is 54.3 Å². The lowest BCUT2D eigenvalue weighted by molar-refractivity contribution is 0.656. The van der Waals surface area contributed by atoms with Crippen molar-refractivity contribution in [2.24, 2.45) is 0 Å². The summed E-state index contributed by atoms with van der Waals surface area (Å²) in [7, 11) is 0. The Morgan fingerprint density at radius 3 is 1.69 bits per heavy atom. The van der Waals surface area contributed by atoms with Crippen molar-refractivity contribution in [1.82, 2.24) is 0 Å². The molecule has 11 rings (SSSR count). The first-order chi connectivity index (χ1) is 25.6. The number of benzene rings is 9. The molecule has 10 aromatic rings. The predicted molar refractivity (Wildman–Crippen MR) is 220 cm³/mol. The van der Waals surface area contributed by atoms with Crippen molar-refractivity contribution in [1.29, 1.82) is 0 Å². The minimum atomic E-state index is -0.218. The van der Waals surface area contributed by atoms with Crippen molar-refractivity contribution in [3.8, 4) is 44.5 Å². The molecule has 0 N–H and O–H groups in total. The minimum Gasteiger partial charge on any atom is -0.455 e. The van der Waals surface area contributed by atoms with Gasteiger partial charge in [-0.3, -0.25) is 0 Å². The number of para-hydroxylation sites is 1. The Morgan fingerprint density at radius 1 is 0.404 bits per heavy atom. The molecular formula is C51H34O. The molecule has 0 fully saturated rings. The van der Waals surface area contributed by atoms with Gasteiger partial charge in [0.25, 0.3) is 0 Å². The molecule has 1 aliphatic carbocycles. The standard InChI is InChI=1S/C51H34O/c1-51(2)44-30-34(25-26-36(44)42-27-23-32-24-28-43-37-17-10-11-22-45(37)52-50(43)48(32)49(42)51)33-15-12-16-35(29-33)47-40-20-8-6-18-38(40)46(31-13-4-3-5-14-31)39-19-7-9-21-41(39)47/h3-30H,1-2H3. The smallest absolute Gasteiger partial charge is 0.143 e. The van der Waals surface area contributed by atoms with Gasteiger partial charge in [-0.15, -0.1) is 0 Å². The van der Waals surface area contributed by atoms with E-state index in [2.05, 4.69) is 184 Å². The Morgan fingerprint density at radius 2 is 0.962 bits per heavy atom. The summed E-state index contributed by atoms with van der Waals surface area (Å²) < 4.78 is 6.62. The second-order valence-corrected chi connectivity index (χ2v) is 14.8. The molecule has 0 spiro atoms. The van der Waals surface area contributed by atoms with Gasteiger partial charge in [0.2, 0.25) is 0 Å². The summed E-state index contributed by atoms with van der Waals surface area (Å²) in [5.74, 6) is 0.